The molecule has 2 heterocycles. The zero-order chi connectivity index (χ0) is 9.42. The van der Waals surface area contributed by atoms with E-state index in [1.807, 2.05) is 13.0 Å². The standard InChI is InChI=1S/C9H8N2O2/c1-5-2-6-3-7(9(12)13)10-4-8(6)11-5/h2,4H,3H2,1H3,(H,12,13). The molecular weight excluding hydrogens is 168 g/mol. The lowest BCUT2D eigenvalue weighted by Crippen LogP contribution is -2.15. The number of allylic oxidation sites excluding steroid dienone is 2. The first-order chi connectivity index (χ1) is 6.16. The van der Waals surface area contributed by atoms with Crippen LogP contribution in [0.4, 0.5) is 0 Å². The van der Waals surface area contributed by atoms with Gasteiger partial charge in [-0.25, -0.2) is 4.79 Å². The van der Waals surface area contributed by atoms with Crippen molar-refractivity contribution in [2.45, 2.75) is 13.3 Å². The van der Waals surface area contributed by atoms with Crippen molar-refractivity contribution in [2.75, 3.05) is 0 Å². The Morgan fingerprint density at radius 3 is 3.08 bits per heavy atom. The summed E-state index contributed by atoms with van der Waals surface area (Å²) in [5, 5.41) is 8.70. The first kappa shape index (κ1) is 7.91. The average Bonchev–Trinajstić information content (AvgIpc) is 2.42. The van der Waals surface area contributed by atoms with Crippen molar-refractivity contribution in [1.82, 2.24) is 0 Å². The fourth-order valence-electron chi connectivity index (χ4n) is 1.37. The highest BCUT2D eigenvalue weighted by Crippen LogP contribution is 2.25. The van der Waals surface area contributed by atoms with Gasteiger partial charge in [-0.2, -0.15) is 0 Å². The van der Waals surface area contributed by atoms with Crippen LogP contribution < -0.4 is 0 Å². The molecule has 2 aliphatic heterocycles. The Hall–Kier alpha value is -1.71. The van der Waals surface area contributed by atoms with Gasteiger partial charge in [-0.3, -0.25) is 9.98 Å². The van der Waals surface area contributed by atoms with E-state index in [2.05, 4.69) is 9.98 Å². The molecule has 0 amide bonds. The quantitative estimate of drug-likeness (QED) is 0.651. The predicted octanol–water partition coefficient (Wildman–Crippen LogP) is 1.16. The summed E-state index contributed by atoms with van der Waals surface area (Å²) in [6.45, 7) is 1.88. The number of aliphatic imine (C=N–C) groups is 2. The second-order valence-electron chi connectivity index (χ2n) is 2.99. The topological polar surface area (TPSA) is 62.0 Å². The Morgan fingerprint density at radius 2 is 2.38 bits per heavy atom. The Kier molecular flexibility index (Phi) is 1.62. The highest BCUT2D eigenvalue weighted by Gasteiger charge is 2.21. The number of carboxylic acid groups (broad SMARTS) is 1. The van der Waals surface area contributed by atoms with Crippen molar-refractivity contribution in [2.24, 2.45) is 9.98 Å². The van der Waals surface area contributed by atoms with E-state index in [0.717, 1.165) is 17.0 Å². The van der Waals surface area contributed by atoms with E-state index in [9.17, 15) is 4.79 Å². The van der Waals surface area contributed by atoms with Gasteiger partial charge in [0.15, 0.2) is 0 Å². The predicted molar refractivity (Wildman–Crippen MR) is 49.0 cm³/mol. The Bertz CT molecular complexity index is 400. The lowest BCUT2D eigenvalue weighted by molar-refractivity contribution is -0.129. The molecule has 0 bridgehead atoms. The van der Waals surface area contributed by atoms with Gasteiger partial charge in [0.25, 0.3) is 0 Å². The number of rotatable bonds is 1. The maximum Gasteiger partial charge on any atom is 0.350 e. The van der Waals surface area contributed by atoms with Gasteiger partial charge in [0.1, 0.15) is 5.71 Å². The second kappa shape index (κ2) is 2.65. The summed E-state index contributed by atoms with van der Waals surface area (Å²) in [7, 11) is 0. The summed E-state index contributed by atoms with van der Waals surface area (Å²) >= 11 is 0. The van der Waals surface area contributed by atoms with Gasteiger partial charge in [-0.05, 0) is 18.6 Å². The second-order valence-corrected chi connectivity index (χ2v) is 2.99. The van der Waals surface area contributed by atoms with Crippen molar-refractivity contribution in [3.63, 3.8) is 0 Å². The monoisotopic (exact) mass is 176 g/mol. The molecular formula is C9H8N2O2. The van der Waals surface area contributed by atoms with E-state index in [1.54, 1.807) is 0 Å². The van der Waals surface area contributed by atoms with Crippen LogP contribution in [0.2, 0.25) is 0 Å². The molecule has 0 unspecified atom stereocenters. The Labute approximate surface area is 75.0 Å². The number of carboxylic acids is 1. The summed E-state index contributed by atoms with van der Waals surface area (Å²) in [6.07, 6.45) is 3.78. The number of carbonyl (C=O) groups is 1. The van der Waals surface area contributed by atoms with Crippen molar-refractivity contribution in [3.05, 3.63) is 23.5 Å². The van der Waals surface area contributed by atoms with Crippen LogP contribution in [0.15, 0.2) is 33.5 Å². The molecule has 0 atom stereocenters. The third-order valence-electron chi connectivity index (χ3n) is 1.96. The fraction of sp³-hybridized carbons (Fsp3) is 0.222. The van der Waals surface area contributed by atoms with E-state index in [1.165, 1.54) is 6.20 Å². The molecule has 0 fully saturated rings. The van der Waals surface area contributed by atoms with Gasteiger partial charge >= 0.3 is 5.97 Å². The van der Waals surface area contributed by atoms with Crippen LogP contribution in [-0.4, -0.2) is 22.5 Å². The molecule has 2 rings (SSSR count). The normalized spacial score (nSPS) is 19.8. The van der Waals surface area contributed by atoms with Gasteiger partial charge in [0, 0.05) is 12.1 Å². The highest BCUT2D eigenvalue weighted by atomic mass is 16.4. The fourth-order valence-corrected chi connectivity index (χ4v) is 1.37. The molecule has 0 aliphatic carbocycles. The van der Waals surface area contributed by atoms with E-state index in [4.69, 9.17) is 5.11 Å². The van der Waals surface area contributed by atoms with Crippen LogP contribution in [0.3, 0.4) is 0 Å². The highest BCUT2D eigenvalue weighted by molar-refractivity contribution is 6.36. The number of hydrogen-bond donors (Lipinski definition) is 1. The minimum Gasteiger partial charge on any atom is -0.477 e. The summed E-state index contributed by atoms with van der Waals surface area (Å²) in [5.74, 6) is -0.958. The molecule has 2 aliphatic rings. The van der Waals surface area contributed by atoms with Crippen molar-refractivity contribution in [1.29, 1.82) is 0 Å². The van der Waals surface area contributed by atoms with Crippen molar-refractivity contribution < 1.29 is 9.90 Å². The molecule has 0 aromatic rings. The minimum absolute atomic E-state index is 0.180. The Morgan fingerprint density at radius 1 is 1.62 bits per heavy atom. The van der Waals surface area contributed by atoms with Crippen molar-refractivity contribution >= 4 is 17.4 Å². The van der Waals surface area contributed by atoms with Crippen LogP contribution in [0.1, 0.15) is 13.3 Å². The Balaban J connectivity index is 2.34. The molecule has 66 valence electrons. The maximum atomic E-state index is 10.6. The molecule has 0 saturated heterocycles. The van der Waals surface area contributed by atoms with E-state index in [0.29, 0.717) is 6.42 Å². The molecule has 1 N–H and O–H groups in total. The third kappa shape index (κ3) is 1.30. The summed E-state index contributed by atoms with van der Waals surface area (Å²) in [4.78, 5) is 18.6. The van der Waals surface area contributed by atoms with Gasteiger partial charge in [-0.15, -0.1) is 0 Å². The largest absolute Gasteiger partial charge is 0.477 e. The number of fused-ring (bicyclic) bond motifs is 1. The van der Waals surface area contributed by atoms with Crippen LogP contribution >= 0.6 is 0 Å². The third-order valence-corrected chi connectivity index (χ3v) is 1.96. The summed E-state index contributed by atoms with van der Waals surface area (Å²) < 4.78 is 0. The van der Waals surface area contributed by atoms with Crippen LogP contribution in [0.25, 0.3) is 0 Å². The summed E-state index contributed by atoms with van der Waals surface area (Å²) in [6, 6.07) is 0. The first-order valence-corrected chi connectivity index (χ1v) is 3.93. The SMILES string of the molecule is CC1=NC2=CN=C(C(=O)O)CC2=C1. The van der Waals surface area contributed by atoms with Gasteiger partial charge in [0.2, 0.25) is 0 Å². The van der Waals surface area contributed by atoms with Crippen LogP contribution in [0, 0.1) is 0 Å². The number of nitrogens with zero attached hydrogens (tertiary/aromatic N) is 2. The van der Waals surface area contributed by atoms with Crippen LogP contribution in [0.5, 0.6) is 0 Å². The maximum absolute atomic E-state index is 10.6. The van der Waals surface area contributed by atoms with Crippen molar-refractivity contribution in [3.8, 4) is 0 Å². The molecule has 0 saturated carbocycles. The molecule has 0 aromatic carbocycles. The molecule has 4 heteroatoms. The smallest absolute Gasteiger partial charge is 0.350 e. The zero-order valence-corrected chi connectivity index (χ0v) is 7.11. The van der Waals surface area contributed by atoms with Gasteiger partial charge in [-0.1, -0.05) is 0 Å². The molecule has 13 heavy (non-hydrogen) atoms. The van der Waals surface area contributed by atoms with E-state index < -0.39 is 5.97 Å². The zero-order valence-electron chi connectivity index (χ0n) is 7.11. The van der Waals surface area contributed by atoms with Gasteiger partial charge in [0.05, 0.1) is 11.9 Å². The molecule has 4 nitrogen and oxygen atoms in total. The van der Waals surface area contributed by atoms with E-state index in [-0.39, 0.29) is 5.71 Å². The minimum atomic E-state index is -0.958. The lowest BCUT2D eigenvalue weighted by Gasteiger charge is -2.07. The summed E-state index contributed by atoms with van der Waals surface area (Å²) in [5.41, 5.74) is 2.83. The molecule has 0 radical (unpaired) electrons. The number of aliphatic carboxylic acids is 1. The number of hydrogen-bond acceptors (Lipinski definition) is 3. The average molecular weight is 176 g/mol. The van der Waals surface area contributed by atoms with Gasteiger partial charge < -0.3 is 5.11 Å². The van der Waals surface area contributed by atoms with E-state index >= 15 is 0 Å². The molecule has 0 spiro atoms. The lowest BCUT2D eigenvalue weighted by atomic mass is 10.0. The van der Waals surface area contributed by atoms with Crippen LogP contribution in [-0.2, 0) is 4.79 Å². The molecule has 0 aromatic heterocycles. The first-order valence-electron chi connectivity index (χ1n) is 3.93.